The Morgan fingerprint density at radius 1 is 0.815 bits per heavy atom. The van der Waals surface area contributed by atoms with Crippen molar-refractivity contribution < 1.29 is 4.42 Å². The number of aromatic nitrogens is 2. The summed E-state index contributed by atoms with van der Waals surface area (Å²) in [5.74, 6) is 1.31. The van der Waals surface area contributed by atoms with Gasteiger partial charge in [-0.05, 0) is 24.1 Å². The highest BCUT2D eigenvalue weighted by Gasteiger charge is 2.19. The first-order valence-corrected chi connectivity index (χ1v) is 9.15. The van der Waals surface area contributed by atoms with E-state index < -0.39 is 0 Å². The van der Waals surface area contributed by atoms with Crippen LogP contribution >= 0.6 is 12.4 Å². The van der Waals surface area contributed by atoms with Gasteiger partial charge in [0.05, 0.1) is 6.54 Å². The van der Waals surface area contributed by atoms with E-state index in [1.54, 1.807) is 0 Å². The van der Waals surface area contributed by atoms with Crippen molar-refractivity contribution >= 4 is 12.4 Å². The molecule has 1 aromatic heterocycles. The van der Waals surface area contributed by atoms with E-state index >= 15 is 0 Å². The van der Waals surface area contributed by atoms with Gasteiger partial charge < -0.3 is 4.42 Å². The second-order valence-electron chi connectivity index (χ2n) is 6.85. The molecule has 2 aromatic carbocycles. The molecule has 0 saturated carbocycles. The van der Waals surface area contributed by atoms with Gasteiger partial charge in [-0.25, -0.2) is 0 Å². The van der Waals surface area contributed by atoms with Gasteiger partial charge in [-0.3, -0.25) is 9.80 Å². The third kappa shape index (κ3) is 4.95. The minimum absolute atomic E-state index is 0. The van der Waals surface area contributed by atoms with E-state index in [4.69, 9.17) is 4.42 Å². The zero-order valence-corrected chi connectivity index (χ0v) is 16.4. The summed E-state index contributed by atoms with van der Waals surface area (Å²) in [6.45, 7) is 7.97. The highest BCUT2D eigenvalue weighted by molar-refractivity contribution is 5.85. The van der Waals surface area contributed by atoms with Crippen molar-refractivity contribution in [3.63, 3.8) is 0 Å². The molecule has 3 aromatic rings. The average Bonchev–Trinajstić information content (AvgIpc) is 3.13. The van der Waals surface area contributed by atoms with Crippen LogP contribution < -0.4 is 0 Å². The second-order valence-corrected chi connectivity index (χ2v) is 6.85. The standard InChI is InChI=1S/C21H24N4O.ClH/c1-17-7-5-6-10-19(17)21-23-22-20(26-21)16-25-13-11-24(12-14-25)15-18-8-3-2-4-9-18;/h2-10H,11-16H2,1H3;1H. The van der Waals surface area contributed by atoms with Crippen LogP contribution in [0.5, 0.6) is 0 Å². The third-order valence-corrected chi connectivity index (χ3v) is 4.92. The smallest absolute Gasteiger partial charge is 0.248 e. The lowest BCUT2D eigenvalue weighted by molar-refractivity contribution is 0.114. The van der Waals surface area contributed by atoms with Crippen molar-refractivity contribution in [3.05, 3.63) is 71.6 Å². The molecule has 4 rings (SSSR count). The van der Waals surface area contributed by atoms with Crippen LogP contribution in [0.4, 0.5) is 0 Å². The van der Waals surface area contributed by atoms with Crippen LogP contribution in [-0.4, -0.2) is 46.2 Å². The number of hydrogen-bond donors (Lipinski definition) is 0. The van der Waals surface area contributed by atoms with Crippen LogP contribution in [0.25, 0.3) is 11.5 Å². The van der Waals surface area contributed by atoms with Crippen molar-refractivity contribution in [2.75, 3.05) is 26.2 Å². The van der Waals surface area contributed by atoms with E-state index in [2.05, 4.69) is 63.3 Å². The lowest BCUT2D eigenvalue weighted by atomic mass is 10.1. The number of aryl methyl sites for hydroxylation is 1. The van der Waals surface area contributed by atoms with Gasteiger partial charge in [0, 0.05) is 38.3 Å². The number of halogens is 1. The SMILES string of the molecule is Cc1ccccc1-c1nnc(CN2CCN(Cc3ccccc3)CC2)o1.Cl. The summed E-state index contributed by atoms with van der Waals surface area (Å²) < 4.78 is 5.90. The van der Waals surface area contributed by atoms with E-state index in [0.717, 1.165) is 50.4 Å². The topological polar surface area (TPSA) is 45.4 Å². The number of nitrogens with zero attached hydrogens (tertiary/aromatic N) is 4. The Hall–Kier alpha value is -2.21. The molecule has 1 aliphatic heterocycles. The molecule has 1 aliphatic rings. The van der Waals surface area contributed by atoms with Crippen molar-refractivity contribution in [2.45, 2.75) is 20.0 Å². The van der Waals surface area contributed by atoms with Crippen LogP contribution in [0, 0.1) is 6.92 Å². The molecule has 0 amide bonds. The van der Waals surface area contributed by atoms with Crippen molar-refractivity contribution in [1.82, 2.24) is 20.0 Å². The zero-order chi connectivity index (χ0) is 17.8. The van der Waals surface area contributed by atoms with Crippen molar-refractivity contribution in [1.29, 1.82) is 0 Å². The normalized spacial score (nSPS) is 15.4. The fourth-order valence-corrected chi connectivity index (χ4v) is 3.38. The van der Waals surface area contributed by atoms with E-state index in [1.165, 1.54) is 5.56 Å². The fraction of sp³-hybridized carbons (Fsp3) is 0.333. The molecule has 0 bridgehead atoms. The zero-order valence-electron chi connectivity index (χ0n) is 15.5. The van der Waals surface area contributed by atoms with Gasteiger partial charge in [0.1, 0.15) is 0 Å². The number of piperazine rings is 1. The Balaban J connectivity index is 0.00000210. The van der Waals surface area contributed by atoms with Gasteiger partial charge in [-0.1, -0.05) is 48.5 Å². The van der Waals surface area contributed by atoms with E-state index in [9.17, 15) is 0 Å². The largest absolute Gasteiger partial charge is 0.419 e. The van der Waals surface area contributed by atoms with Crippen LogP contribution in [0.15, 0.2) is 59.0 Å². The first-order chi connectivity index (χ1) is 12.8. The van der Waals surface area contributed by atoms with Crippen molar-refractivity contribution in [2.24, 2.45) is 0 Å². The monoisotopic (exact) mass is 384 g/mol. The Bertz CT molecular complexity index is 844. The van der Waals surface area contributed by atoms with Gasteiger partial charge >= 0.3 is 0 Å². The van der Waals surface area contributed by atoms with Crippen LogP contribution in [0.3, 0.4) is 0 Å². The maximum Gasteiger partial charge on any atom is 0.248 e. The first kappa shape index (κ1) is 19.5. The molecule has 0 radical (unpaired) electrons. The van der Waals surface area contributed by atoms with Crippen LogP contribution in [-0.2, 0) is 13.1 Å². The number of hydrogen-bond acceptors (Lipinski definition) is 5. The van der Waals surface area contributed by atoms with E-state index in [1.807, 2.05) is 18.2 Å². The molecule has 0 N–H and O–H groups in total. The van der Waals surface area contributed by atoms with Crippen molar-refractivity contribution in [3.8, 4) is 11.5 Å². The van der Waals surface area contributed by atoms with Gasteiger partial charge in [0.25, 0.3) is 0 Å². The Morgan fingerprint density at radius 2 is 1.44 bits per heavy atom. The molecular weight excluding hydrogens is 360 g/mol. The quantitative estimate of drug-likeness (QED) is 0.669. The van der Waals surface area contributed by atoms with Gasteiger partial charge in [0.2, 0.25) is 11.8 Å². The molecule has 6 heteroatoms. The van der Waals surface area contributed by atoms with Crippen LogP contribution in [0.2, 0.25) is 0 Å². The molecule has 142 valence electrons. The molecule has 1 saturated heterocycles. The summed E-state index contributed by atoms with van der Waals surface area (Å²) in [6, 6.07) is 18.8. The summed E-state index contributed by atoms with van der Waals surface area (Å²) in [5.41, 5.74) is 3.54. The van der Waals surface area contributed by atoms with Crippen LogP contribution in [0.1, 0.15) is 17.0 Å². The van der Waals surface area contributed by atoms with Gasteiger partial charge in [-0.2, -0.15) is 0 Å². The molecule has 1 fully saturated rings. The van der Waals surface area contributed by atoms with Gasteiger partial charge in [0.15, 0.2) is 0 Å². The predicted octanol–water partition coefficient (Wildman–Crippen LogP) is 3.78. The number of rotatable bonds is 5. The molecule has 0 spiro atoms. The van der Waals surface area contributed by atoms with Gasteiger partial charge in [-0.15, -0.1) is 22.6 Å². The third-order valence-electron chi connectivity index (χ3n) is 4.92. The lowest BCUT2D eigenvalue weighted by Crippen LogP contribution is -2.45. The summed E-state index contributed by atoms with van der Waals surface area (Å²) in [5, 5.41) is 8.47. The summed E-state index contributed by atoms with van der Waals surface area (Å²) in [6.07, 6.45) is 0. The summed E-state index contributed by atoms with van der Waals surface area (Å²) in [7, 11) is 0. The molecule has 5 nitrogen and oxygen atoms in total. The molecule has 0 atom stereocenters. The molecule has 0 aliphatic carbocycles. The highest BCUT2D eigenvalue weighted by atomic mass is 35.5. The maximum absolute atomic E-state index is 5.90. The molecular formula is C21H25ClN4O. The minimum atomic E-state index is 0. The number of benzene rings is 2. The van der Waals surface area contributed by atoms with E-state index in [0.29, 0.717) is 11.8 Å². The van der Waals surface area contributed by atoms with E-state index in [-0.39, 0.29) is 12.4 Å². The maximum atomic E-state index is 5.90. The lowest BCUT2D eigenvalue weighted by Gasteiger charge is -2.33. The fourth-order valence-electron chi connectivity index (χ4n) is 3.38. The molecule has 27 heavy (non-hydrogen) atoms. The molecule has 2 heterocycles. The Morgan fingerprint density at radius 3 is 2.15 bits per heavy atom. The summed E-state index contributed by atoms with van der Waals surface area (Å²) in [4.78, 5) is 4.88. The highest BCUT2D eigenvalue weighted by Crippen LogP contribution is 2.22. The molecule has 0 unspecified atom stereocenters. The minimum Gasteiger partial charge on any atom is -0.419 e. The Kier molecular flexibility index (Phi) is 6.61. The predicted molar refractivity (Wildman–Crippen MR) is 109 cm³/mol. The first-order valence-electron chi connectivity index (χ1n) is 9.15. The summed E-state index contributed by atoms with van der Waals surface area (Å²) >= 11 is 0. The Labute approximate surface area is 166 Å². The average molecular weight is 385 g/mol. The second kappa shape index (κ2) is 9.13.